The summed E-state index contributed by atoms with van der Waals surface area (Å²) in [5.74, 6) is -0.0361. The minimum absolute atomic E-state index is 0.0361. The van der Waals surface area contributed by atoms with Crippen LogP contribution in [0.25, 0.3) is 0 Å². The van der Waals surface area contributed by atoms with Crippen LogP contribution >= 0.6 is 11.6 Å². The van der Waals surface area contributed by atoms with Crippen LogP contribution < -0.4 is 15.2 Å². The van der Waals surface area contributed by atoms with Gasteiger partial charge in [-0.3, -0.25) is 4.79 Å². The van der Waals surface area contributed by atoms with Gasteiger partial charge in [0, 0.05) is 10.6 Å². The number of nitrogens with zero attached hydrogens (tertiary/aromatic N) is 1. The third-order valence-electron chi connectivity index (χ3n) is 5.26. The quantitative estimate of drug-likeness (QED) is 0.455. The second kappa shape index (κ2) is 10.4. The van der Waals surface area contributed by atoms with Crippen molar-refractivity contribution >= 4 is 23.7 Å². The molecule has 0 atom stereocenters. The zero-order valence-corrected chi connectivity index (χ0v) is 17.1. The lowest BCUT2D eigenvalue weighted by Crippen LogP contribution is -3.28. The number of hydrazone groups is 1. The molecule has 0 radical (unpaired) electrons. The maximum absolute atomic E-state index is 12.1. The molecule has 1 heterocycles. The highest BCUT2D eigenvalue weighted by molar-refractivity contribution is 6.31. The second-order valence-electron chi connectivity index (χ2n) is 7.33. The lowest BCUT2D eigenvalue weighted by molar-refractivity contribution is -1.02. The van der Waals surface area contributed by atoms with Crippen LogP contribution in [-0.4, -0.2) is 44.8 Å². The number of carbonyl (C=O) groups excluding carboxylic acids is 1. The largest absolute Gasteiger partial charge is 0.322 e. The Morgan fingerprint density at radius 1 is 1.07 bits per heavy atom. The third kappa shape index (κ3) is 6.16. The van der Waals surface area contributed by atoms with Crippen molar-refractivity contribution in [1.29, 1.82) is 0 Å². The Kier molecular flexibility index (Phi) is 7.60. The molecule has 5 nitrogen and oxygen atoms in total. The Hall–Kier alpha value is -2.21. The summed E-state index contributed by atoms with van der Waals surface area (Å²) >= 11 is 6.26. The van der Waals surface area contributed by atoms with Crippen LogP contribution in [0.1, 0.15) is 23.6 Å². The summed E-state index contributed by atoms with van der Waals surface area (Å²) in [7, 11) is 0. The van der Waals surface area contributed by atoms with Gasteiger partial charge in [0.2, 0.25) is 0 Å². The van der Waals surface area contributed by atoms with Crippen LogP contribution in [0.3, 0.4) is 0 Å². The van der Waals surface area contributed by atoms with Crippen LogP contribution in [0, 0.1) is 0 Å². The van der Waals surface area contributed by atoms with Gasteiger partial charge in [-0.25, -0.2) is 5.43 Å². The molecule has 2 aromatic rings. The van der Waals surface area contributed by atoms with Crippen molar-refractivity contribution < 1.29 is 14.6 Å². The van der Waals surface area contributed by atoms with E-state index in [-0.39, 0.29) is 5.91 Å². The molecule has 0 saturated carbocycles. The van der Waals surface area contributed by atoms with Crippen molar-refractivity contribution in [3.63, 3.8) is 0 Å². The lowest BCUT2D eigenvalue weighted by atomic mass is 10.1. The minimum Gasteiger partial charge on any atom is -0.322 e. The van der Waals surface area contributed by atoms with E-state index in [4.69, 9.17) is 11.6 Å². The van der Waals surface area contributed by atoms with E-state index in [9.17, 15) is 4.79 Å². The van der Waals surface area contributed by atoms with Crippen molar-refractivity contribution in [2.24, 2.45) is 5.10 Å². The highest BCUT2D eigenvalue weighted by Crippen LogP contribution is 2.13. The predicted octanol–water partition coefficient (Wildman–Crippen LogP) is 0.336. The van der Waals surface area contributed by atoms with Gasteiger partial charge < -0.3 is 9.80 Å². The van der Waals surface area contributed by atoms with Gasteiger partial charge >= 0.3 is 0 Å². The topological polar surface area (TPSA) is 50.3 Å². The molecule has 1 aliphatic rings. The van der Waals surface area contributed by atoms with E-state index < -0.39 is 0 Å². The van der Waals surface area contributed by atoms with Crippen molar-refractivity contribution in [1.82, 2.24) is 5.43 Å². The van der Waals surface area contributed by atoms with Crippen LogP contribution in [0.4, 0.5) is 0 Å². The van der Waals surface area contributed by atoms with Crippen LogP contribution in [0.5, 0.6) is 0 Å². The lowest BCUT2D eigenvalue weighted by Gasteiger charge is -2.29. The fraction of sp³-hybridized carbons (Fsp3) is 0.364. The highest BCUT2D eigenvalue weighted by Gasteiger charge is 2.25. The van der Waals surface area contributed by atoms with Gasteiger partial charge in [0.1, 0.15) is 32.7 Å². The molecule has 2 aromatic carbocycles. The molecule has 0 unspecified atom stereocenters. The van der Waals surface area contributed by atoms with Crippen LogP contribution in [0.15, 0.2) is 53.6 Å². The highest BCUT2D eigenvalue weighted by atomic mass is 35.5. The normalized spacial score (nSPS) is 19.6. The summed E-state index contributed by atoms with van der Waals surface area (Å²) in [4.78, 5) is 15.0. The monoisotopic (exact) mass is 400 g/mol. The summed E-state index contributed by atoms with van der Waals surface area (Å²) in [6.07, 6.45) is 2.71. The number of nitrogens with one attached hydrogen (secondary N) is 3. The molecule has 3 N–H and O–H groups in total. The van der Waals surface area contributed by atoms with E-state index in [0.717, 1.165) is 49.7 Å². The SMILES string of the molecule is CCc1ccc(/C=N\NC(=O)C[NH+]2CC[NH+](Cc3ccccc3Cl)CC2)cc1. The first kappa shape index (κ1) is 20.5. The predicted molar refractivity (Wildman–Crippen MR) is 113 cm³/mol. The van der Waals surface area contributed by atoms with Gasteiger partial charge in [0.05, 0.1) is 6.21 Å². The molecule has 0 aromatic heterocycles. The molecule has 6 heteroatoms. The van der Waals surface area contributed by atoms with Gasteiger partial charge in [-0.15, -0.1) is 0 Å². The van der Waals surface area contributed by atoms with Gasteiger partial charge in [0.15, 0.2) is 6.54 Å². The number of halogens is 1. The van der Waals surface area contributed by atoms with E-state index in [1.807, 2.05) is 30.3 Å². The Balaban J connectivity index is 1.38. The number of rotatable bonds is 7. The number of quaternary nitrogens is 2. The van der Waals surface area contributed by atoms with Crippen molar-refractivity contribution in [2.45, 2.75) is 19.9 Å². The summed E-state index contributed by atoms with van der Waals surface area (Å²) < 4.78 is 0. The van der Waals surface area contributed by atoms with Gasteiger partial charge in [-0.05, 0) is 23.6 Å². The molecule has 1 aliphatic heterocycles. The van der Waals surface area contributed by atoms with E-state index in [0.29, 0.717) is 6.54 Å². The maximum Gasteiger partial charge on any atom is 0.295 e. The van der Waals surface area contributed by atoms with E-state index in [1.54, 1.807) is 6.21 Å². The van der Waals surface area contributed by atoms with E-state index >= 15 is 0 Å². The maximum atomic E-state index is 12.1. The fourth-order valence-electron chi connectivity index (χ4n) is 3.51. The molecule has 1 amide bonds. The number of hydrogen-bond donors (Lipinski definition) is 3. The first-order chi connectivity index (χ1) is 13.6. The fourth-order valence-corrected chi connectivity index (χ4v) is 3.71. The van der Waals surface area contributed by atoms with Gasteiger partial charge in [-0.2, -0.15) is 5.10 Å². The van der Waals surface area contributed by atoms with Crippen molar-refractivity contribution in [3.8, 4) is 0 Å². The molecule has 148 valence electrons. The number of piperazine rings is 1. The van der Waals surface area contributed by atoms with Crippen LogP contribution in [0.2, 0.25) is 5.02 Å². The van der Waals surface area contributed by atoms with Crippen molar-refractivity contribution in [2.75, 3.05) is 32.7 Å². The van der Waals surface area contributed by atoms with Gasteiger partial charge in [0.25, 0.3) is 5.91 Å². The number of hydrogen-bond acceptors (Lipinski definition) is 2. The Morgan fingerprint density at radius 3 is 2.43 bits per heavy atom. The molecule has 0 aliphatic carbocycles. The van der Waals surface area contributed by atoms with E-state index in [2.05, 4.69) is 35.7 Å². The molecular weight excluding hydrogens is 372 g/mol. The smallest absolute Gasteiger partial charge is 0.295 e. The molecule has 1 saturated heterocycles. The molecular formula is C22H29ClN4O+2. The minimum atomic E-state index is -0.0361. The summed E-state index contributed by atoms with van der Waals surface area (Å²) in [5.41, 5.74) is 6.13. The number of aryl methyl sites for hydroxylation is 1. The van der Waals surface area contributed by atoms with Crippen LogP contribution in [-0.2, 0) is 17.8 Å². The summed E-state index contributed by atoms with van der Waals surface area (Å²) in [6.45, 7) is 7.59. The molecule has 28 heavy (non-hydrogen) atoms. The second-order valence-corrected chi connectivity index (χ2v) is 7.74. The molecule has 3 rings (SSSR count). The molecule has 1 fully saturated rings. The Labute approximate surface area is 172 Å². The van der Waals surface area contributed by atoms with Gasteiger partial charge in [-0.1, -0.05) is 61.0 Å². The zero-order valence-electron chi connectivity index (χ0n) is 16.4. The first-order valence-corrected chi connectivity index (χ1v) is 10.3. The number of carbonyl (C=O) groups is 1. The molecule has 0 bridgehead atoms. The van der Waals surface area contributed by atoms with Crippen molar-refractivity contribution in [3.05, 3.63) is 70.2 Å². The average Bonchev–Trinajstić information content (AvgIpc) is 2.72. The molecule has 0 spiro atoms. The summed E-state index contributed by atoms with van der Waals surface area (Å²) in [5, 5.41) is 4.92. The first-order valence-electron chi connectivity index (χ1n) is 9.95. The Morgan fingerprint density at radius 2 is 1.75 bits per heavy atom. The average molecular weight is 401 g/mol. The van der Waals surface area contributed by atoms with E-state index in [1.165, 1.54) is 20.9 Å². The number of amides is 1. The number of benzene rings is 2. The Bertz CT molecular complexity index is 798. The third-order valence-corrected chi connectivity index (χ3v) is 5.63. The zero-order chi connectivity index (χ0) is 19.8. The standard InChI is InChI=1S/C22H27ClN4O/c1-2-18-7-9-19(10-8-18)15-24-25-22(28)17-27-13-11-26(12-14-27)16-20-5-3-4-6-21(20)23/h3-10,15H,2,11-14,16-17H2,1H3,(H,25,28)/p+2/b24-15-. The summed E-state index contributed by atoms with van der Waals surface area (Å²) in [6, 6.07) is 16.2.